The molecular formula is C12H18FN3O2. The zero-order valence-corrected chi connectivity index (χ0v) is 10.2. The third-order valence-electron chi connectivity index (χ3n) is 2.34. The summed E-state index contributed by atoms with van der Waals surface area (Å²) in [6, 6.07) is 5.24. The summed E-state index contributed by atoms with van der Waals surface area (Å²) in [4.78, 5) is 11.4. The van der Waals surface area contributed by atoms with Crippen molar-refractivity contribution in [2.45, 2.75) is 25.8 Å². The number of carbonyl (C=O) groups is 1. The lowest BCUT2D eigenvalue weighted by Crippen LogP contribution is -2.43. The molecule has 0 aliphatic rings. The molecule has 2 amide bonds. The molecule has 1 aromatic carbocycles. The molecule has 1 atom stereocenters. The number of aliphatic hydroxyl groups is 1. The zero-order valence-electron chi connectivity index (χ0n) is 10.2. The van der Waals surface area contributed by atoms with E-state index in [2.05, 4.69) is 16.2 Å². The molecule has 6 heteroatoms. The number of aliphatic hydroxyl groups excluding tert-OH is 1. The second-order valence-electron chi connectivity index (χ2n) is 4.00. The van der Waals surface area contributed by atoms with Crippen LogP contribution in [0.15, 0.2) is 24.3 Å². The van der Waals surface area contributed by atoms with E-state index < -0.39 is 0 Å². The van der Waals surface area contributed by atoms with Gasteiger partial charge >= 0.3 is 6.03 Å². The minimum atomic E-state index is -0.371. The van der Waals surface area contributed by atoms with Gasteiger partial charge in [-0.2, -0.15) is 0 Å². The third kappa shape index (κ3) is 5.49. The molecule has 5 nitrogen and oxygen atoms in total. The Labute approximate surface area is 105 Å². The van der Waals surface area contributed by atoms with E-state index in [0.717, 1.165) is 0 Å². The van der Waals surface area contributed by atoms with Crippen molar-refractivity contribution in [3.8, 4) is 0 Å². The lowest BCUT2D eigenvalue weighted by Gasteiger charge is -2.14. The van der Waals surface area contributed by atoms with Gasteiger partial charge in [0, 0.05) is 12.6 Å². The van der Waals surface area contributed by atoms with E-state index in [9.17, 15) is 9.18 Å². The molecule has 1 aromatic rings. The second kappa shape index (κ2) is 7.50. The highest BCUT2D eigenvalue weighted by molar-refractivity contribution is 5.75. The third-order valence-corrected chi connectivity index (χ3v) is 2.34. The molecule has 0 bridgehead atoms. The Hall–Kier alpha value is -1.82. The van der Waals surface area contributed by atoms with E-state index in [-0.39, 0.29) is 24.5 Å². The molecule has 0 spiro atoms. The Balaban J connectivity index is 2.26. The largest absolute Gasteiger partial charge is 0.396 e. The van der Waals surface area contributed by atoms with Crippen LogP contribution in [0.25, 0.3) is 0 Å². The van der Waals surface area contributed by atoms with Gasteiger partial charge in [0.2, 0.25) is 0 Å². The predicted octanol–water partition coefficient (Wildman–Crippen LogP) is 1.61. The summed E-state index contributed by atoms with van der Waals surface area (Å²) in [6.07, 6.45) is 1.35. The summed E-state index contributed by atoms with van der Waals surface area (Å²) >= 11 is 0. The van der Waals surface area contributed by atoms with Gasteiger partial charge in [-0.25, -0.2) is 9.18 Å². The van der Waals surface area contributed by atoms with E-state index in [4.69, 9.17) is 5.11 Å². The molecule has 1 unspecified atom stereocenters. The highest BCUT2D eigenvalue weighted by Crippen LogP contribution is 2.06. The number of urea groups is 1. The van der Waals surface area contributed by atoms with Gasteiger partial charge in [-0.1, -0.05) is 0 Å². The Morgan fingerprint density at radius 1 is 1.39 bits per heavy atom. The molecule has 1 rings (SSSR count). The summed E-state index contributed by atoms with van der Waals surface area (Å²) in [6.45, 7) is 1.97. The van der Waals surface area contributed by atoms with E-state index in [0.29, 0.717) is 18.5 Å². The van der Waals surface area contributed by atoms with Crippen LogP contribution in [0.1, 0.15) is 19.8 Å². The number of halogens is 1. The number of carbonyl (C=O) groups excluding carboxylic acids is 1. The van der Waals surface area contributed by atoms with Crippen molar-refractivity contribution < 1.29 is 14.3 Å². The number of nitrogens with one attached hydrogen (secondary N) is 3. The molecule has 4 N–H and O–H groups in total. The van der Waals surface area contributed by atoms with Gasteiger partial charge < -0.3 is 10.4 Å². The smallest absolute Gasteiger partial charge is 0.333 e. The molecule has 0 heterocycles. The maximum atomic E-state index is 12.6. The van der Waals surface area contributed by atoms with Crippen LogP contribution in [0.2, 0.25) is 0 Å². The molecule has 18 heavy (non-hydrogen) atoms. The Kier molecular flexibility index (Phi) is 5.93. The molecule has 0 fully saturated rings. The summed E-state index contributed by atoms with van der Waals surface area (Å²) in [5, 5.41) is 11.4. The first-order chi connectivity index (χ1) is 8.61. The fourth-order valence-electron chi connectivity index (χ4n) is 1.39. The number of hydrogen-bond donors (Lipinski definition) is 4. The van der Waals surface area contributed by atoms with E-state index in [1.807, 2.05) is 6.92 Å². The van der Waals surface area contributed by atoms with E-state index in [1.165, 1.54) is 24.3 Å². The van der Waals surface area contributed by atoms with Crippen molar-refractivity contribution in [3.63, 3.8) is 0 Å². The van der Waals surface area contributed by atoms with Crippen LogP contribution in [-0.4, -0.2) is 23.8 Å². The van der Waals surface area contributed by atoms with Crippen LogP contribution in [-0.2, 0) is 0 Å². The fourth-order valence-corrected chi connectivity index (χ4v) is 1.39. The number of amides is 2. The van der Waals surface area contributed by atoms with Gasteiger partial charge in [0.15, 0.2) is 0 Å². The number of hydrazine groups is 1. The number of benzene rings is 1. The highest BCUT2D eigenvalue weighted by Gasteiger charge is 2.05. The topological polar surface area (TPSA) is 73.4 Å². The lowest BCUT2D eigenvalue weighted by atomic mass is 10.2. The van der Waals surface area contributed by atoms with Gasteiger partial charge in [-0.05, 0) is 44.0 Å². The van der Waals surface area contributed by atoms with Crippen LogP contribution < -0.4 is 16.2 Å². The highest BCUT2D eigenvalue weighted by atomic mass is 19.1. The Morgan fingerprint density at radius 2 is 2.06 bits per heavy atom. The van der Waals surface area contributed by atoms with Crippen molar-refractivity contribution in [1.29, 1.82) is 0 Å². The molecule has 100 valence electrons. The first kappa shape index (κ1) is 14.2. The minimum Gasteiger partial charge on any atom is -0.396 e. The van der Waals surface area contributed by atoms with Crippen molar-refractivity contribution >= 4 is 11.7 Å². The van der Waals surface area contributed by atoms with Gasteiger partial charge in [-0.15, -0.1) is 0 Å². The van der Waals surface area contributed by atoms with Crippen molar-refractivity contribution in [3.05, 3.63) is 30.1 Å². The van der Waals surface area contributed by atoms with Gasteiger partial charge in [0.05, 0.1) is 5.69 Å². The summed E-state index contributed by atoms with van der Waals surface area (Å²) in [5.41, 5.74) is 5.69. The van der Waals surface area contributed by atoms with Crippen molar-refractivity contribution in [2.75, 3.05) is 12.0 Å². The predicted molar refractivity (Wildman–Crippen MR) is 67.5 cm³/mol. The maximum Gasteiger partial charge on any atom is 0.333 e. The summed E-state index contributed by atoms with van der Waals surface area (Å²) in [5.74, 6) is -0.331. The Bertz CT molecular complexity index is 370. The monoisotopic (exact) mass is 255 g/mol. The van der Waals surface area contributed by atoms with Crippen molar-refractivity contribution in [2.24, 2.45) is 0 Å². The van der Waals surface area contributed by atoms with Crippen LogP contribution in [0.5, 0.6) is 0 Å². The van der Waals surface area contributed by atoms with Gasteiger partial charge in [0.25, 0.3) is 0 Å². The maximum absolute atomic E-state index is 12.6. The molecule has 0 radical (unpaired) electrons. The number of rotatable bonds is 6. The van der Waals surface area contributed by atoms with Crippen LogP contribution in [0.3, 0.4) is 0 Å². The fraction of sp³-hybridized carbons (Fsp3) is 0.417. The van der Waals surface area contributed by atoms with E-state index in [1.54, 1.807) is 0 Å². The average molecular weight is 255 g/mol. The normalized spacial score (nSPS) is 11.7. The quantitative estimate of drug-likeness (QED) is 0.583. The molecule has 0 aromatic heterocycles. The van der Waals surface area contributed by atoms with Crippen LogP contribution in [0.4, 0.5) is 14.9 Å². The first-order valence-corrected chi connectivity index (χ1v) is 5.80. The molecule has 0 aliphatic heterocycles. The van der Waals surface area contributed by atoms with Crippen LogP contribution >= 0.6 is 0 Å². The van der Waals surface area contributed by atoms with Crippen molar-refractivity contribution in [1.82, 2.24) is 10.7 Å². The number of anilines is 1. The van der Waals surface area contributed by atoms with Gasteiger partial charge in [-0.3, -0.25) is 10.9 Å². The first-order valence-electron chi connectivity index (χ1n) is 5.80. The summed E-state index contributed by atoms with van der Waals surface area (Å²) < 4.78 is 12.6. The molecule has 0 saturated carbocycles. The molecular weight excluding hydrogens is 237 g/mol. The SMILES string of the molecule is CC(CCCO)NC(=O)NNc1ccc(F)cc1. The standard InChI is InChI=1S/C12H18FN3O2/c1-9(3-2-8-17)14-12(18)16-15-11-6-4-10(13)5-7-11/h4-7,9,15,17H,2-3,8H2,1H3,(H2,14,16,18). The second-order valence-corrected chi connectivity index (χ2v) is 4.00. The average Bonchev–Trinajstić information content (AvgIpc) is 2.35. The number of hydrogen-bond acceptors (Lipinski definition) is 3. The minimum absolute atomic E-state index is 0.0211. The van der Waals surface area contributed by atoms with Gasteiger partial charge in [0.1, 0.15) is 5.82 Å². The lowest BCUT2D eigenvalue weighted by molar-refractivity contribution is 0.236. The molecule has 0 aliphatic carbocycles. The molecule has 0 saturated heterocycles. The summed E-state index contributed by atoms with van der Waals surface area (Å²) in [7, 11) is 0. The van der Waals surface area contributed by atoms with Crippen LogP contribution in [0, 0.1) is 5.82 Å². The zero-order chi connectivity index (χ0) is 13.4. The Morgan fingerprint density at radius 3 is 2.67 bits per heavy atom. The van der Waals surface area contributed by atoms with E-state index >= 15 is 0 Å².